The average molecular weight is 204 g/mol. The first-order valence-corrected chi connectivity index (χ1v) is 5.58. The van der Waals surface area contributed by atoms with Gasteiger partial charge in [0.1, 0.15) is 0 Å². The van der Waals surface area contributed by atoms with Crippen LogP contribution in [0.1, 0.15) is 37.4 Å². The smallest absolute Gasteiger partial charge is 0.0496 e. The van der Waals surface area contributed by atoms with E-state index in [0.717, 1.165) is 0 Å². The Labute approximate surface area is 91.8 Å². The number of hydrogen-bond donors (Lipinski definition) is 2. The summed E-state index contributed by atoms with van der Waals surface area (Å²) >= 11 is 0. The van der Waals surface area contributed by atoms with Crippen molar-refractivity contribution in [2.24, 2.45) is 17.2 Å². The third-order valence-corrected chi connectivity index (χ3v) is 3.70. The summed E-state index contributed by atoms with van der Waals surface area (Å²) in [6.45, 7) is 6.76. The van der Waals surface area contributed by atoms with Crippen molar-refractivity contribution in [1.82, 2.24) is 5.43 Å². The van der Waals surface area contributed by atoms with Crippen LogP contribution in [0.15, 0.2) is 24.3 Å². The molecule has 0 bridgehead atoms. The fraction of sp³-hybridized carbons (Fsp3) is 0.538. The molecule has 1 aliphatic rings. The molecule has 2 unspecified atom stereocenters. The van der Waals surface area contributed by atoms with E-state index in [0.29, 0.717) is 17.4 Å². The molecule has 1 saturated carbocycles. The molecule has 2 rings (SSSR count). The van der Waals surface area contributed by atoms with Gasteiger partial charge in [-0.2, -0.15) is 0 Å². The molecule has 2 nitrogen and oxygen atoms in total. The molecular formula is C13H20N2. The largest absolute Gasteiger partial charge is 0.271 e. The Hall–Kier alpha value is -0.860. The molecule has 1 aromatic carbocycles. The maximum atomic E-state index is 5.69. The standard InChI is InChI=1S/C13H20N2/c1-9-6-4-5-7-10(9)12(15-14)11-8-13(11,2)3/h4-7,11-12,15H,8,14H2,1-3H3. The van der Waals surface area contributed by atoms with Crippen molar-refractivity contribution in [3.8, 4) is 0 Å². The van der Waals surface area contributed by atoms with Crippen molar-refractivity contribution in [1.29, 1.82) is 0 Å². The Morgan fingerprint density at radius 2 is 2.00 bits per heavy atom. The molecule has 3 N–H and O–H groups in total. The molecule has 0 aliphatic heterocycles. The van der Waals surface area contributed by atoms with E-state index < -0.39 is 0 Å². The van der Waals surface area contributed by atoms with Gasteiger partial charge in [-0.05, 0) is 35.8 Å². The number of nitrogens with one attached hydrogen (secondary N) is 1. The summed E-state index contributed by atoms with van der Waals surface area (Å²) in [5, 5.41) is 0. The van der Waals surface area contributed by atoms with Gasteiger partial charge >= 0.3 is 0 Å². The molecule has 82 valence electrons. The number of nitrogens with two attached hydrogens (primary N) is 1. The predicted octanol–water partition coefficient (Wildman–Crippen LogP) is 2.55. The van der Waals surface area contributed by atoms with Crippen molar-refractivity contribution in [2.45, 2.75) is 33.2 Å². The minimum Gasteiger partial charge on any atom is -0.271 e. The zero-order valence-corrected chi connectivity index (χ0v) is 9.75. The number of hydrogen-bond acceptors (Lipinski definition) is 2. The van der Waals surface area contributed by atoms with E-state index in [1.807, 2.05) is 0 Å². The molecule has 2 heteroatoms. The Kier molecular flexibility index (Phi) is 2.57. The van der Waals surface area contributed by atoms with Gasteiger partial charge in [0.25, 0.3) is 0 Å². The van der Waals surface area contributed by atoms with Gasteiger partial charge in [-0.15, -0.1) is 0 Å². The summed E-state index contributed by atoms with van der Waals surface area (Å²) in [5.41, 5.74) is 6.09. The highest BCUT2D eigenvalue weighted by molar-refractivity contribution is 5.31. The SMILES string of the molecule is Cc1ccccc1C(NN)C1CC1(C)C. The minimum absolute atomic E-state index is 0.307. The van der Waals surface area contributed by atoms with Gasteiger partial charge < -0.3 is 0 Å². The summed E-state index contributed by atoms with van der Waals surface area (Å²) in [6, 6.07) is 8.79. The number of aryl methyl sites for hydroxylation is 1. The van der Waals surface area contributed by atoms with Crippen molar-refractivity contribution in [3.63, 3.8) is 0 Å². The number of rotatable bonds is 3. The second-order valence-corrected chi connectivity index (χ2v) is 5.30. The number of benzene rings is 1. The molecular weight excluding hydrogens is 184 g/mol. The zero-order chi connectivity index (χ0) is 11.1. The van der Waals surface area contributed by atoms with Crippen molar-refractivity contribution >= 4 is 0 Å². The van der Waals surface area contributed by atoms with Crippen LogP contribution in [0.25, 0.3) is 0 Å². The molecule has 0 aromatic heterocycles. The van der Waals surface area contributed by atoms with E-state index in [-0.39, 0.29) is 0 Å². The molecule has 0 radical (unpaired) electrons. The van der Waals surface area contributed by atoms with Crippen LogP contribution >= 0.6 is 0 Å². The van der Waals surface area contributed by atoms with Gasteiger partial charge in [0, 0.05) is 6.04 Å². The quantitative estimate of drug-likeness (QED) is 0.586. The number of hydrazine groups is 1. The van der Waals surface area contributed by atoms with Crippen LogP contribution in [0.5, 0.6) is 0 Å². The maximum absolute atomic E-state index is 5.69. The van der Waals surface area contributed by atoms with Crippen LogP contribution in [-0.4, -0.2) is 0 Å². The summed E-state index contributed by atoms with van der Waals surface area (Å²) in [6.07, 6.45) is 1.26. The highest BCUT2D eigenvalue weighted by Gasteiger charge is 2.50. The fourth-order valence-corrected chi connectivity index (χ4v) is 2.44. The summed E-state index contributed by atoms with van der Waals surface area (Å²) in [4.78, 5) is 0. The summed E-state index contributed by atoms with van der Waals surface area (Å²) in [5.74, 6) is 6.36. The third kappa shape index (κ3) is 1.92. The first-order chi connectivity index (χ1) is 7.06. The monoisotopic (exact) mass is 204 g/mol. The van der Waals surface area contributed by atoms with Crippen molar-refractivity contribution in [2.75, 3.05) is 0 Å². The zero-order valence-electron chi connectivity index (χ0n) is 9.75. The van der Waals surface area contributed by atoms with Crippen LogP contribution in [0, 0.1) is 18.3 Å². The normalized spacial score (nSPS) is 24.9. The lowest BCUT2D eigenvalue weighted by Gasteiger charge is -2.20. The van der Waals surface area contributed by atoms with Crippen molar-refractivity contribution in [3.05, 3.63) is 35.4 Å². The van der Waals surface area contributed by atoms with Gasteiger partial charge in [0.15, 0.2) is 0 Å². The average Bonchev–Trinajstić information content (AvgIpc) is 2.80. The van der Waals surface area contributed by atoms with Crippen LogP contribution in [0.2, 0.25) is 0 Å². The Morgan fingerprint density at radius 1 is 1.40 bits per heavy atom. The molecule has 0 saturated heterocycles. The highest BCUT2D eigenvalue weighted by Crippen LogP contribution is 2.57. The van der Waals surface area contributed by atoms with Gasteiger partial charge in [-0.25, -0.2) is 0 Å². The topological polar surface area (TPSA) is 38.0 Å². The molecule has 1 aromatic rings. The van der Waals surface area contributed by atoms with E-state index in [1.165, 1.54) is 17.5 Å². The molecule has 15 heavy (non-hydrogen) atoms. The maximum Gasteiger partial charge on any atom is 0.0496 e. The predicted molar refractivity (Wildman–Crippen MR) is 63.1 cm³/mol. The molecule has 1 aliphatic carbocycles. The van der Waals surface area contributed by atoms with Crippen LogP contribution in [0.4, 0.5) is 0 Å². The van der Waals surface area contributed by atoms with Crippen LogP contribution < -0.4 is 11.3 Å². The van der Waals surface area contributed by atoms with Crippen molar-refractivity contribution < 1.29 is 0 Å². The second kappa shape index (κ2) is 3.62. The van der Waals surface area contributed by atoms with Crippen LogP contribution in [-0.2, 0) is 0 Å². The first kappa shape index (κ1) is 10.7. The molecule has 0 amide bonds. The van der Waals surface area contributed by atoms with Gasteiger partial charge in [0.05, 0.1) is 0 Å². The van der Waals surface area contributed by atoms with Gasteiger partial charge in [0.2, 0.25) is 0 Å². The lowest BCUT2D eigenvalue weighted by atomic mass is 9.94. The van der Waals surface area contributed by atoms with Crippen LogP contribution in [0.3, 0.4) is 0 Å². The summed E-state index contributed by atoms with van der Waals surface area (Å²) in [7, 11) is 0. The molecule has 0 heterocycles. The summed E-state index contributed by atoms with van der Waals surface area (Å²) < 4.78 is 0. The van der Waals surface area contributed by atoms with Gasteiger partial charge in [-0.1, -0.05) is 38.1 Å². The molecule has 0 spiro atoms. The minimum atomic E-state index is 0.307. The molecule has 1 fully saturated rings. The van der Waals surface area contributed by atoms with Gasteiger partial charge in [-0.3, -0.25) is 11.3 Å². The molecule has 2 atom stereocenters. The second-order valence-electron chi connectivity index (χ2n) is 5.30. The fourth-order valence-electron chi connectivity index (χ4n) is 2.44. The Balaban J connectivity index is 2.25. The third-order valence-electron chi connectivity index (χ3n) is 3.70. The Bertz CT molecular complexity index is 357. The lowest BCUT2D eigenvalue weighted by Crippen LogP contribution is -2.31. The van der Waals surface area contributed by atoms with E-state index in [1.54, 1.807) is 0 Å². The van der Waals surface area contributed by atoms with E-state index >= 15 is 0 Å². The Morgan fingerprint density at radius 3 is 2.47 bits per heavy atom. The van der Waals surface area contributed by atoms with E-state index in [4.69, 9.17) is 5.84 Å². The lowest BCUT2D eigenvalue weighted by molar-refractivity contribution is 0.421. The highest BCUT2D eigenvalue weighted by atomic mass is 15.2. The van der Waals surface area contributed by atoms with E-state index in [9.17, 15) is 0 Å². The van der Waals surface area contributed by atoms with E-state index in [2.05, 4.69) is 50.5 Å². The first-order valence-electron chi connectivity index (χ1n) is 5.58.